The van der Waals surface area contributed by atoms with Gasteiger partial charge in [0.1, 0.15) is 5.82 Å². The van der Waals surface area contributed by atoms with Gasteiger partial charge in [-0.15, -0.1) is 0 Å². The van der Waals surface area contributed by atoms with Crippen molar-refractivity contribution in [3.8, 4) is 0 Å². The van der Waals surface area contributed by atoms with Crippen LogP contribution in [0.1, 0.15) is 16.2 Å². The Balaban J connectivity index is 2.04. The number of aryl methyl sites for hydroxylation is 1. The highest BCUT2D eigenvalue weighted by molar-refractivity contribution is 14.1. The molecule has 1 heterocycles. The normalized spacial score (nSPS) is 10.2. The maximum atomic E-state index is 11.9. The Kier molecular flexibility index (Phi) is 3.78. The summed E-state index contributed by atoms with van der Waals surface area (Å²) in [5.74, 6) is 0.766. The van der Waals surface area contributed by atoms with E-state index in [0.29, 0.717) is 12.1 Å². The van der Waals surface area contributed by atoms with Gasteiger partial charge in [0.2, 0.25) is 0 Å². The topological polar surface area (TPSA) is 46.9 Å². The van der Waals surface area contributed by atoms with Gasteiger partial charge in [0, 0.05) is 23.0 Å². The van der Waals surface area contributed by atoms with E-state index in [1.54, 1.807) is 6.20 Å². The Morgan fingerprint density at radius 1 is 1.47 bits per heavy atom. The minimum atomic E-state index is -0.0713. The fourth-order valence-electron chi connectivity index (χ4n) is 1.47. The summed E-state index contributed by atoms with van der Waals surface area (Å²) >= 11 is 2.15. The highest BCUT2D eigenvalue weighted by atomic mass is 127. The van der Waals surface area contributed by atoms with Crippen molar-refractivity contribution < 1.29 is 4.79 Å². The van der Waals surface area contributed by atoms with Crippen LogP contribution in [0.25, 0.3) is 0 Å². The van der Waals surface area contributed by atoms with Crippen molar-refractivity contribution in [2.45, 2.75) is 6.54 Å². The van der Waals surface area contributed by atoms with Crippen LogP contribution < -0.4 is 5.32 Å². The zero-order valence-corrected chi connectivity index (χ0v) is 11.5. The summed E-state index contributed by atoms with van der Waals surface area (Å²) in [6.45, 7) is 0.438. The Morgan fingerprint density at radius 2 is 2.24 bits per heavy atom. The molecule has 0 atom stereocenters. The van der Waals surface area contributed by atoms with Gasteiger partial charge in [-0.1, -0.05) is 12.1 Å². The molecule has 0 bridgehead atoms. The third-order valence-electron chi connectivity index (χ3n) is 2.45. The molecule has 0 aliphatic heterocycles. The second-order valence-corrected chi connectivity index (χ2v) is 4.78. The van der Waals surface area contributed by atoms with E-state index in [1.165, 1.54) is 0 Å². The molecule has 2 aromatic rings. The Bertz CT molecular complexity index is 536. The molecule has 5 heteroatoms. The first-order valence-electron chi connectivity index (χ1n) is 5.17. The van der Waals surface area contributed by atoms with Crippen LogP contribution in [0.4, 0.5) is 0 Å². The highest BCUT2D eigenvalue weighted by Crippen LogP contribution is 2.11. The summed E-state index contributed by atoms with van der Waals surface area (Å²) in [6, 6.07) is 7.50. The zero-order chi connectivity index (χ0) is 12.3. The molecule has 0 aliphatic rings. The minimum absolute atomic E-state index is 0.0713. The van der Waals surface area contributed by atoms with Crippen LogP contribution >= 0.6 is 22.6 Å². The third kappa shape index (κ3) is 2.85. The summed E-state index contributed by atoms with van der Waals surface area (Å²) in [5.41, 5.74) is 0.697. The van der Waals surface area contributed by atoms with E-state index in [4.69, 9.17) is 0 Å². The monoisotopic (exact) mass is 341 g/mol. The summed E-state index contributed by atoms with van der Waals surface area (Å²) < 4.78 is 2.83. The van der Waals surface area contributed by atoms with Crippen molar-refractivity contribution in [3.63, 3.8) is 0 Å². The van der Waals surface area contributed by atoms with Gasteiger partial charge >= 0.3 is 0 Å². The van der Waals surface area contributed by atoms with Crippen LogP contribution in [0, 0.1) is 3.57 Å². The van der Waals surface area contributed by atoms with Crippen LogP contribution in [0.3, 0.4) is 0 Å². The van der Waals surface area contributed by atoms with E-state index in [0.717, 1.165) is 9.39 Å². The Labute approximate surface area is 113 Å². The minimum Gasteiger partial charge on any atom is -0.345 e. The quantitative estimate of drug-likeness (QED) is 0.868. The van der Waals surface area contributed by atoms with Crippen LogP contribution in [0.15, 0.2) is 36.7 Å². The van der Waals surface area contributed by atoms with Gasteiger partial charge in [-0.3, -0.25) is 4.79 Å². The number of nitrogens with one attached hydrogen (secondary N) is 1. The van der Waals surface area contributed by atoms with Crippen LogP contribution in [0.2, 0.25) is 0 Å². The number of hydrogen-bond acceptors (Lipinski definition) is 2. The van der Waals surface area contributed by atoms with Gasteiger partial charge < -0.3 is 9.88 Å². The lowest BCUT2D eigenvalue weighted by molar-refractivity contribution is 0.0948. The maximum Gasteiger partial charge on any atom is 0.252 e. The molecule has 0 aliphatic carbocycles. The average Bonchev–Trinajstić information content (AvgIpc) is 2.72. The number of rotatable bonds is 3. The van der Waals surface area contributed by atoms with Crippen molar-refractivity contribution in [3.05, 3.63) is 51.6 Å². The predicted molar refractivity (Wildman–Crippen MR) is 73.5 cm³/mol. The molecule has 88 valence electrons. The molecule has 17 heavy (non-hydrogen) atoms. The summed E-state index contributed by atoms with van der Waals surface area (Å²) in [7, 11) is 1.90. The lowest BCUT2D eigenvalue weighted by atomic mass is 10.2. The molecular formula is C12H12IN3O. The number of carbonyl (C=O) groups excluding carboxylic acids is 1. The lowest BCUT2D eigenvalue weighted by Gasteiger charge is -2.06. The van der Waals surface area contributed by atoms with Crippen molar-refractivity contribution in [1.29, 1.82) is 0 Å². The number of halogens is 1. The first kappa shape index (κ1) is 12.1. The number of aromatic nitrogens is 2. The molecule has 1 aromatic heterocycles. The fourth-order valence-corrected chi connectivity index (χ4v) is 2.10. The summed E-state index contributed by atoms with van der Waals surface area (Å²) in [6.07, 6.45) is 3.57. The summed E-state index contributed by atoms with van der Waals surface area (Å²) in [5, 5.41) is 2.86. The SMILES string of the molecule is Cn1ccnc1CNC(=O)c1ccccc1I. The third-order valence-corrected chi connectivity index (χ3v) is 3.39. The molecule has 0 unspecified atom stereocenters. The molecular weight excluding hydrogens is 329 g/mol. The van der Waals surface area contributed by atoms with Crippen molar-refractivity contribution in [2.75, 3.05) is 0 Å². The van der Waals surface area contributed by atoms with Crippen molar-refractivity contribution in [2.24, 2.45) is 7.05 Å². The number of nitrogens with zero attached hydrogens (tertiary/aromatic N) is 2. The van der Waals surface area contributed by atoms with E-state index < -0.39 is 0 Å². The molecule has 4 nitrogen and oxygen atoms in total. The van der Waals surface area contributed by atoms with Gasteiger partial charge in [-0.05, 0) is 34.7 Å². The van der Waals surface area contributed by atoms with Gasteiger partial charge in [0.15, 0.2) is 0 Å². The smallest absolute Gasteiger partial charge is 0.252 e. The molecule has 0 fully saturated rings. The first-order valence-corrected chi connectivity index (χ1v) is 6.25. The predicted octanol–water partition coefficient (Wildman–Crippen LogP) is 1.95. The van der Waals surface area contributed by atoms with E-state index in [9.17, 15) is 4.79 Å². The van der Waals surface area contributed by atoms with Crippen LogP contribution in [0.5, 0.6) is 0 Å². The second kappa shape index (κ2) is 5.31. The standard InChI is InChI=1S/C12H12IN3O/c1-16-7-6-14-11(16)8-15-12(17)9-4-2-3-5-10(9)13/h2-7H,8H2,1H3,(H,15,17). The van der Waals surface area contributed by atoms with Crippen LogP contribution in [-0.2, 0) is 13.6 Å². The number of amides is 1. The van der Waals surface area contributed by atoms with E-state index in [2.05, 4.69) is 32.9 Å². The van der Waals surface area contributed by atoms with E-state index in [-0.39, 0.29) is 5.91 Å². The molecule has 1 amide bonds. The molecule has 0 radical (unpaired) electrons. The fraction of sp³-hybridized carbons (Fsp3) is 0.167. The van der Waals surface area contributed by atoms with E-state index in [1.807, 2.05) is 42.1 Å². The molecule has 0 saturated carbocycles. The van der Waals surface area contributed by atoms with Gasteiger partial charge in [-0.2, -0.15) is 0 Å². The number of hydrogen-bond donors (Lipinski definition) is 1. The maximum absolute atomic E-state index is 11.9. The van der Waals surface area contributed by atoms with Gasteiger partial charge in [0.05, 0.1) is 12.1 Å². The molecule has 2 rings (SSSR count). The van der Waals surface area contributed by atoms with Crippen molar-refractivity contribution in [1.82, 2.24) is 14.9 Å². The molecule has 1 N–H and O–H groups in total. The lowest BCUT2D eigenvalue weighted by Crippen LogP contribution is -2.25. The number of imidazole rings is 1. The Hall–Kier alpha value is -1.37. The van der Waals surface area contributed by atoms with Gasteiger partial charge in [0.25, 0.3) is 5.91 Å². The summed E-state index contributed by atoms with van der Waals surface area (Å²) in [4.78, 5) is 16.1. The van der Waals surface area contributed by atoms with Crippen LogP contribution in [-0.4, -0.2) is 15.5 Å². The van der Waals surface area contributed by atoms with Gasteiger partial charge in [-0.25, -0.2) is 4.98 Å². The molecule has 0 spiro atoms. The number of benzene rings is 1. The number of carbonyl (C=O) groups is 1. The zero-order valence-electron chi connectivity index (χ0n) is 9.35. The Morgan fingerprint density at radius 3 is 2.88 bits per heavy atom. The average molecular weight is 341 g/mol. The highest BCUT2D eigenvalue weighted by Gasteiger charge is 2.09. The molecule has 0 saturated heterocycles. The largest absolute Gasteiger partial charge is 0.345 e. The second-order valence-electron chi connectivity index (χ2n) is 3.62. The van der Waals surface area contributed by atoms with Crippen molar-refractivity contribution >= 4 is 28.5 Å². The van der Waals surface area contributed by atoms with E-state index >= 15 is 0 Å². The molecule has 1 aromatic carbocycles. The first-order chi connectivity index (χ1) is 8.18.